The molecular formula is C24H42N2O7. The zero-order valence-corrected chi connectivity index (χ0v) is 20.0. The van der Waals surface area contributed by atoms with Gasteiger partial charge in [0.15, 0.2) is 0 Å². The highest BCUT2D eigenvalue weighted by Gasteiger charge is 2.22. The van der Waals surface area contributed by atoms with Crippen molar-refractivity contribution in [2.24, 2.45) is 11.7 Å². The van der Waals surface area contributed by atoms with Crippen molar-refractivity contribution in [1.29, 1.82) is 0 Å². The summed E-state index contributed by atoms with van der Waals surface area (Å²) in [6.45, 7) is 1.49. The van der Waals surface area contributed by atoms with Crippen molar-refractivity contribution in [3.05, 3.63) is 0 Å². The topological polar surface area (TPSA) is 164 Å². The Morgan fingerprint density at radius 2 is 1.24 bits per heavy atom. The highest BCUT2D eigenvalue weighted by atomic mass is 16.4. The summed E-state index contributed by atoms with van der Waals surface area (Å²) in [5.41, 5.74) is 5.27. The third kappa shape index (κ3) is 17.9. The monoisotopic (exact) mass is 470 g/mol. The molecule has 0 unspecified atom stereocenters. The summed E-state index contributed by atoms with van der Waals surface area (Å²) >= 11 is 0. The van der Waals surface area contributed by atoms with Crippen LogP contribution in [-0.4, -0.2) is 52.2 Å². The van der Waals surface area contributed by atoms with E-state index in [0.717, 1.165) is 57.8 Å². The number of unbranched alkanes of at least 4 members (excludes halogenated alkanes) is 9. The fraction of sp³-hybridized carbons (Fsp3) is 0.792. The Kier molecular flexibility index (Phi) is 17.9. The van der Waals surface area contributed by atoms with E-state index in [1.54, 1.807) is 6.92 Å². The number of amides is 1. The first-order valence-electron chi connectivity index (χ1n) is 12.2. The number of Topliss-reactive ketones (excluding diaryl/α,β-unsaturated/α-hetero) is 2. The summed E-state index contributed by atoms with van der Waals surface area (Å²) in [7, 11) is 0. The van der Waals surface area contributed by atoms with Crippen LogP contribution in [0.5, 0.6) is 0 Å². The van der Waals surface area contributed by atoms with Gasteiger partial charge in [0, 0.05) is 31.6 Å². The van der Waals surface area contributed by atoms with Gasteiger partial charge in [0.05, 0.1) is 6.54 Å². The fourth-order valence-corrected chi connectivity index (χ4v) is 3.56. The van der Waals surface area contributed by atoms with Crippen molar-refractivity contribution in [3.63, 3.8) is 0 Å². The molecule has 0 aliphatic rings. The normalized spacial score (nSPS) is 12.7. The molecule has 0 bridgehead atoms. The molecule has 0 aliphatic carbocycles. The first kappa shape index (κ1) is 30.7. The predicted octanol–water partition coefficient (Wildman–Crippen LogP) is 3.22. The number of nitrogens with two attached hydrogens (primary N) is 1. The molecular weight excluding hydrogens is 428 g/mol. The van der Waals surface area contributed by atoms with Crippen molar-refractivity contribution in [3.8, 4) is 0 Å². The van der Waals surface area contributed by atoms with Crippen LogP contribution in [0.15, 0.2) is 0 Å². The van der Waals surface area contributed by atoms with Gasteiger partial charge in [-0.3, -0.25) is 19.2 Å². The Morgan fingerprint density at radius 3 is 1.70 bits per heavy atom. The number of carboxylic acids is 2. The van der Waals surface area contributed by atoms with Crippen LogP contribution in [0.4, 0.5) is 0 Å². The van der Waals surface area contributed by atoms with E-state index in [4.69, 9.17) is 10.8 Å². The lowest BCUT2D eigenvalue weighted by Gasteiger charge is -2.15. The maximum absolute atomic E-state index is 12.1. The number of hydrogen-bond acceptors (Lipinski definition) is 6. The van der Waals surface area contributed by atoms with Crippen molar-refractivity contribution in [2.75, 3.05) is 6.54 Å². The molecule has 5 N–H and O–H groups in total. The van der Waals surface area contributed by atoms with Crippen LogP contribution in [-0.2, 0) is 24.0 Å². The van der Waals surface area contributed by atoms with Crippen LogP contribution in [0.3, 0.4) is 0 Å². The first-order chi connectivity index (χ1) is 15.7. The SMILES string of the molecule is C[C@H](CC(=O)CC[C@H](NC(=O)CCCCCCCCCCCCC(=O)O)C(=O)O)C(=O)CN. The molecule has 9 nitrogen and oxygen atoms in total. The van der Waals surface area contributed by atoms with Crippen LogP contribution < -0.4 is 11.1 Å². The van der Waals surface area contributed by atoms with E-state index in [2.05, 4.69) is 5.32 Å². The molecule has 2 atom stereocenters. The number of carbonyl (C=O) groups is 5. The Hall–Kier alpha value is -2.29. The molecule has 0 saturated heterocycles. The molecule has 33 heavy (non-hydrogen) atoms. The second-order valence-corrected chi connectivity index (χ2v) is 8.74. The molecule has 0 aromatic carbocycles. The second-order valence-electron chi connectivity index (χ2n) is 8.74. The van der Waals surface area contributed by atoms with Gasteiger partial charge in [-0.05, 0) is 19.3 Å². The van der Waals surface area contributed by atoms with Gasteiger partial charge in [0.1, 0.15) is 17.6 Å². The molecule has 0 spiro atoms. The Bertz CT molecular complexity index is 622. The van der Waals surface area contributed by atoms with Gasteiger partial charge in [0.25, 0.3) is 0 Å². The number of carbonyl (C=O) groups excluding carboxylic acids is 3. The van der Waals surface area contributed by atoms with E-state index in [-0.39, 0.29) is 56.1 Å². The summed E-state index contributed by atoms with van der Waals surface area (Å²) in [6.07, 6.45) is 10.3. The molecule has 0 heterocycles. The van der Waals surface area contributed by atoms with Crippen LogP contribution in [0, 0.1) is 5.92 Å². The van der Waals surface area contributed by atoms with E-state index in [9.17, 15) is 29.1 Å². The Labute approximate surface area is 196 Å². The lowest BCUT2D eigenvalue weighted by molar-refractivity contribution is -0.142. The Morgan fingerprint density at radius 1 is 0.758 bits per heavy atom. The summed E-state index contributed by atoms with van der Waals surface area (Å²) in [5.74, 6) is -3.15. The van der Waals surface area contributed by atoms with Gasteiger partial charge in [0.2, 0.25) is 5.91 Å². The minimum absolute atomic E-state index is 0.000248. The Balaban J connectivity index is 3.86. The van der Waals surface area contributed by atoms with Crippen molar-refractivity contribution in [1.82, 2.24) is 5.32 Å². The van der Waals surface area contributed by atoms with Crippen LogP contribution in [0.25, 0.3) is 0 Å². The first-order valence-corrected chi connectivity index (χ1v) is 12.2. The second kappa shape index (κ2) is 19.2. The smallest absolute Gasteiger partial charge is 0.326 e. The van der Waals surface area contributed by atoms with Gasteiger partial charge < -0.3 is 21.3 Å². The molecule has 0 aromatic rings. The van der Waals surface area contributed by atoms with Gasteiger partial charge in [-0.25, -0.2) is 4.79 Å². The third-order valence-electron chi connectivity index (χ3n) is 5.67. The van der Waals surface area contributed by atoms with E-state index in [0.29, 0.717) is 6.42 Å². The van der Waals surface area contributed by atoms with E-state index < -0.39 is 23.9 Å². The molecule has 1 amide bonds. The summed E-state index contributed by atoms with van der Waals surface area (Å²) in [5, 5.41) is 20.4. The molecule has 0 aliphatic heterocycles. The van der Waals surface area contributed by atoms with Gasteiger partial charge >= 0.3 is 11.9 Å². The molecule has 0 rings (SSSR count). The van der Waals surface area contributed by atoms with E-state index in [1.165, 1.54) is 0 Å². The third-order valence-corrected chi connectivity index (χ3v) is 5.67. The minimum atomic E-state index is -1.18. The fourth-order valence-electron chi connectivity index (χ4n) is 3.56. The molecule has 0 saturated carbocycles. The number of carboxylic acid groups (broad SMARTS) is 2. The minimum Gasteiger partial charge on any atom is -0.481 e. The number of aliphatic carboxylic acids is 2. The predicted molar refractivity (Wildman–Crippen MR) is 125 cm³/mol. The van der Waals surface area contributed by atoms with Crippen LogP contribution >= 0.6 is 0 Å². The van der Waals surface area contributed by atoms with E-state index >= 15 is 0 Å². The van der Waals surface area contributed by atoms with Gasteiger partial charge in [-0.15, -0.1) is 0 Å². The highest BCUT2D eigenvalue weighted by Crippen LogP contribution is 2.13. The molecule has 0 radical (unpaired) electrons. The summed E-state index contributed by atoms with van der Waals surface area (Å²) in [6, 6.07) is -1.11. The van der Waals surface area contributed by atoms with Gasteiger partial charge in [-0.2, -0.15) is 0 Å². The van der Waals surface area contributed by atoms with Crippen molar-refractivity contribution >= 4 is 29.4 Å². The maximum Gasteiger partial charge on any atom is 0.326 e. The van der Waals surface area contributed by atoms with Crippen LogP contribution in [0.2, 0.25) is 0 Å². The van der Waals surface area contributed by atoms with Crippen molar-refractivity contribution in [2.45, 2.75) is 109 Å². The lowest BCUT2D eigenvalue weighted by atomic mass is 9.96. The van der Waals surface area contributed by atoms with Crippen LogP contribution in [0.1, 0.15) is 103 Å². The average molecular weight is 471 g/mol. The number of ketones is 2. The number of rotatable bonds is 22. The molecule has 190 valence electrons. The molecule has 0 fully saturated rings. The zero-order valence-electron chi connectivity index (χ0n) is 20.0. The zero-order chi connectivity index (χ0) is 25.1. The quantitative estimate of drug-likeness (QED) is 0.175. The number of nitrogens with one attached hydrogen (secondary N) is 1. The lowest BCUT2D eigenvalue weighted by Crippen LogP contribution is -2.41. The van der Waals surface area contributed by atoms with Gasteiger partial charge in [-0.1, -0.05) is 58.3 Å². The highest BCUT2D eigenvalue weighted by molar-refractivity contribution is 5.89. The standard InChI is InChI=1S/C24H42N2O7/c1-18(21(28)17-25)16-19(27)14-15-20(24(32)33)26-22(29)12-10-8-6-4-2-3-5-7-9-11-13-23(30)31/h18,20H,2-17,25H2,1H3,(H,26,29)(H,30,31)(H,32,33)/t18-,20+/m1/s1. The average Bonchev–Trinajstić information content (AvgIpc) is 2.76. The summed E-state index contributed by atoms with van der Waals surface area (Å²) < 4.78 is 0. The van der Waals surface area contributed by atoms with E-state index in [1.807, 2.05) is 0 Å². The molecule has 9 heteroatoms. The summed E-state index contributed by atoms with van der Waals surface area (Å²) in [4.78, 5) is 57.3. The van der Waals surface area contributed by atoms with Crippen molar-refractivity contribution < 1.29 is 34.2 Å². The number of hydrogen-bond donors (Lipinski definition) is 4. The molecule has 0 aromatic heterocycles. The largest absolute Gasteiger partial charge is 0.481 e. The maximum atomic E-state index is 12.1.